The smallest absolute Gasteiger partial charge is 0.125 e. The van der Waals surface area contributed by atoms with Crippen molar-refractivity contribution in [3.63, 3.8) is 0 Å². The molecule has 1 aliphatic heterocycles. The van der Waals surface area contributed by atoms with E-state index in [1.54, 1.807) is 6.07 Å². The molecular weight excluding hydrogens is 315 g/mol. The first-order valence-corrected chi connectivity index (χ1v) is 8.04. The Morgan fingerprint density at radius 2 is 1.91 bits per heavy atom. The molecule has 1 saturated heterocycles. The van der Waals surface area contributed by atoms with Gasteiger partial charge in [0.2, 0.25) is 0 Å². The van der Waals surface area contributed by atoms with Gasteiger partial charge in [0.05, 0.1) is 6.10 Å². The third-order valence-corrected chi connectivity index (χ3v) is 3.87. The highest BCUT2D eigenvalue weighted by Gasteiger charge is 2.19. The van der Waals surface area contributed by atoms with Gasteiger partial charge in [0.15, 0.2) is 0 Å². The number of likely N-dealkylation sites (tertiary alicyclic amines) is 1. The van der Waals surface area contributed by atoms with E-state index in [0.29, 0.717) is 17.1 Å². The van der Waals surface area contributed by atoms with Crippen molar-refractivity contribution in [2.45, 2.75) is 25.6 Å². The molecular formula is C18H22ClFN2O. The molecule has 0 aromatic heterocycles. The van der Waals surface area contributed by atoms with Crippen molar-refractivity contribution in [1.29, 1.82) is 0 Å². The minimum absolute atomic E-state index is 0.108. The Kier molecular flexibility index (Phi) is 6.99. The second-order valence-corrected chi connectivity index (χ2v) is 6.08. The first-order chi connectivity index (χ1) is 11.1. The van der Waals surface area contributed by atoms with E-state index in [4.69, 9.17) is 17.3 Å². The number of hydrogen-bond acceptors (Lipinski definition) is 3. The summed E-state index contributed by atoms with van der Waals surface area (Å²) in [6.45, 7) is 3.14. The van der Waals surface area contributed by atoms with Gasteiger partial charge in [0.1, 0.15) is 5.82 Å². The molecule has 3 nitrogen and oxygen atoms in total. The largest absolute Gasteiger partial charge is 0.392 e. The summed E-state index contributed by atoms with van der Waals surface area (Å²) in [5, 5.41) is 9.73. The molecule has 0 spiro atoms. The molecule has 1 fully saturated rings. The van der Waals surface area contributed by atoms with Crippen LogP contribution in [0.15, 0.2) is 48.5 Å². The van der Waals surface area contributed by atoms with Crippen LogP contribution in [0.25, 0.3) is 0 Å². The third-order valence-electron chi connectivity index (χ3n) is 3.65. The number of β-amino-alcohol motifs (C(OH)–C–C–N with tert-alkyl or cyclic N) is 1. The van der Waals surface area contributed by atoms with Crippen LogP contribution in [0.4, 0.5) is 4.39 Å². The van der Waals surface area contributed by atoms with Crippen LogP contribution in [0.5, 0.6) is 0 Å². The summed E-state index contributed by atoms with van der Waals surface area (Å²) in [7, 11) is 0. The Morgan fingerprint density at radius 1 is 1.17 bits per heavy atom. The Morgan fingerprint density at radius 3 is 2.48 bits per heavy atom. The van der Waals surface area contributed by atoms with Crippen molar-refractivity contribution in [3.05, 3.63) is 70.5 Å². The summed E-state index contributed by atoms with van der Waals surface area (Å²) in [4.78, 5) is 2.29. The number of nitrogens with zero attached hydrogens (tertiary/aromatic N) is 1. The Balaban J connectivity index is 0.000000174. The van der Waals surface area contributed by atoms with Crippen molar-refractivity contribution < 1.29 is 9.50 Å². The minimum atomic E-state index is -0.340. The highest BCUT2D eigenvalue weighted by Crippen LogP contribution is 2.13. The normalized spacial score (nSPS) is 17.7. The van der Waals surface area contributed by atoms with Gasteiger partial charge >= 0.3 is 0 Å². The number of hydrogen-bond donors (Lipinski definition) is 2. The molecule has 0 radical (unpaired) electrons. The molecule has 1 heterocycles. The predicted molar refractivity (Wildman–Crippen MR) is 91.6 cm³/mol. The van der Waals surface area contributed by atoms with Crippen LogP contribution in [-0.4, -0.2) is 29.2 Å². The molecule has 5 heteroatoms. The fourth-order valence-corrected chi connectivity index (χ4v) is 2.77. The van der Waals surface area contributed by atoms with Gasteiger partial charge < -0.3 is 10.8 Å². The SMILES string of the molecule is NCc1cc(F)cc(Cl)c1.OC1CCN(Cc2ccccc2)C1. The molecule has 3 N–H and O–H groups in total. The van der Waals surface area contributed by atoms with Crippen molar-refractivity contribution >= 4 is 11.6 Å². The monoisotopic (exact) mass is 336 g/mol. The van der Waals surface area contributed by atoms with E-state index in [1.807, 2.05) is 6.07 Å². The summed E-state index contributed by atoms with van der Waals surface area (Å²) < 4.78 is 12.5. The number of halogens is 2. The van der Waals surface area contributed by atoms with Gasteiger partial charge in [-0.15, -0.1) is 0 Å². The predicted octanol–water partition coefficient (Wildman–Crippen LogP) is 3.19. The molecule has 0 amide bonds. The zero-order valence-corrected chi connectivity index (χ0v) is 13.7. The first kappa shape index (κ1) is 17.9. The van der Waals surface area contributed by atoms with Crippen LogP contribution in [-0.2, 0) is 13.1 Å². The van der Waals surface area contributed by atoms with Crippen molar-refractivity contribution in [1.82, 2.24) is 4.90 Å². The molecule has 23 heavy (non-hydrogen) atoms. The van der Waals surface area contributed by atoms with Gasteiger partial charge in [-0.3, -0.25) is 4.90 Å². The number of aliphatic hydroxyl groups excluding tert-OH is 1. The van der Waals surface area contributed by atoms with Crippen LogP contribution in [0.3, 0.4) is 0 Å². The molecule has 0 aliphatic carbocycles. The minimum Gasteiger partial charge on any atom is -0.392 e. The average molecular weight is 337 g/mol. The second-order valence-electron chi connectivity index (χ2n) is 5.65. The molecule has 3 rings (SSSR count). The van der Waals surface area contributed by atoms with Gasteiger partial charge in [-0.05, 0) is 35.7 Å². The maximum Gasteiger partial charge on any atom is 0.125 e. The summed E-state index contributed by atoms with van der Waals surface area (Å²) in [5.41, 5.74) is 7.31. The van der Waals surface area contributed by atoms with E-state index < -0.39 is 0 Å². The number of rotatable bonds is 3. The van der Waals surface area contributed by atoms with E-state index >= 15 is 0 Å². The molecule has 1 unspecified atom stereocenters. The Hall–Kier alpha value is -1.46. The van der Waals surface area contributed by atoms with Gasteiger partial charge in [-0.1, -0.05) is 41.9 Å². The van der Waals surface area contributed by atoms with Crippen LogP contribution < -0.4 is 5.73 Å². The van der Waals surface area contributed by atoms with Crippen LogP contribution >= 0.6 is 11.6 Å². The van der Waals surface area contributed by atoms with Crippen molar-refractivity contribution in [2.75, 3.05) is 13.1 Å². The van der Waals surface area contributed by atoms with Crippen molar-refractivity contribution in [3.8, 4) is 0 Å². The fraction of sp³-hybridized carbons (Fsp3) is 0.333. The van der Waals surface area contributed by atoms with Crippen LogP contribution in [0.2, 0.25) is 5.02 Å². The lowest BCUT2D eigenvalue weighted by molar-refractivity contribution is 0.175. The summed E-state index contributed by atoms with van der Waals surface area (Å²) >= 11 is 5.53. The highest BCUT2D eigenvalue weighted by atomic mass is 35.5. The van der Waals surface area contributed by atoms with E-state index in [0.717, 1.165) is 26.1 Å². The highest BCUT2D eigenvalue weighted by molar-refractivity contribution is 6.30. The van der Waals surface area contributed by atoms with Crippen LogP contribution in [0, 0.1) is 5.82 Å². The Bertz CT molecular complexity index is 589. The van der Waals surface area contributed by atoms with Crippen LogP contribution in [0.1, 0.15) is 17.5 Å². The van der Waals surface area contributed by atoms with Crippen molar-refractivity contribution in [2.24, 2.45) is 5.73 Å². The van der Waals surface area contributed by atoms with E-state index in [2.05, 4.69) is 29.2 Å². The third kappa shape index (κ3) is 6.28. The average Bonchev–Trinajstić information content (AvgIpc) is 2.93. The second kappa shape index (κ2) is 8.99. The lowest BCUT2D eigenvalue weighted by Crippen LogP contribution is -2.21. The number of aliphatic hydroxyl groups is 1. The Labute approximate surface area is 141 Å². The van der Waals surface area contributed by atoms with E-state index in [-0.39, 0.29) is 11.9 Å². The number of benzene rings is 2. The molecule has 2 aromatic carbocycles. The molecule has 1 aliphatic rings. The molecule has 124 valence electrons. The molecule has 1 atom stereocenters. The maximum atomic E-state index is 12.5. The summed E-state index contributed by atoms with van der Waals surface area (Å²) in [6, 6.07) is 14.7. The van der Waals surface area contributed by atoms with E-state index in [1.165, 1.54) is 17.7 Å². The standard InChI is InChI=1S/C11H15NO.C7H7ClFN/c13-11-6-7-12(9-11)8-10-4-2-1-3-5-10;8-6-1-5(4-10)2-7(9)3-6/h1-5,11,13H,6-9H2;1-3H,4,10H2. The topological polar surface area (TPSA) is 49.5 Å². The number of nitrogens with two attached hydrogens (primary N) is 1. The van der Waals surface area contributed by atoms with Gasteiger partial charge in [-0.25, -0.2) is 4.39 Å². The van der Waals surface area contributed by atoms with E-state index in [9.17, 15) is 9.50 Å². The maximum absolute atomic E-state index is 12.5. The lowest BCUT2D eigenvalue weighted by atomic mass is 10.2. The van der Waals surface area contributed by atoms with Gasteiger partial charge in [0, 0.05) is 31.2 Å². The van der Waals surface area contributed by atoms with Gasteiger partial charge in [0.25, 0.3) is 0 Å². The van der Waals surface area contributed by atoms with Gasteiger partial charge in [-0.2, -0.15) is 0 Å². The zero-order chi connectivity index (χ0) is 16.7. The fourth-order valence-electron chi connectivity index (χ4n) is 2.53. The zero-order valence-electron chi connectivity index (χ0n) is 13.0. The molecule has 0 saturated carbocycles. The summed E-state index contributed by atoms with van der Waals surface area (Å²) in [5.74, 6) is -0.340. The lowest BCUT2D eigenvalue weighted by Gasteiger charge is -2.14. The quantitative estimate of drug-likeness (QED) is 0.905. The first-order valence-electron chi connectivity index (χ1n) is 7.66. The molecule has 0 bridgehead atoms. The summed E-state index contributed by atoms with van der Waals surface area (Å²) in [6.07, 6.45) is 0.816. The molecule has 2 aromatic rings.